The first-order chi connectivity index (χ1) is 15.8. The molecule has 178 valence electrons. The van der Waals surface area contributed by atoms with E-state index < -0.39 is 26.6 Å². The minimum absolute atomic E-state index is 0.0283. The first-order valence-corrected chi connectivity index (χ1v) is 12.8. The highest BCUT2D eigenvalue weighted by Gasteiger charge is 2.48. The van der Waals surface area contributed by atoms with E-state index in [0.29, 0.717) is 18.7 Å². The largest absolute Gasteiger partial charge is 0.457 e. The number of rotatable bonds is 6. The van der Waals surface area contributed by atoms with E-state index in [1.165, 1.54) is 36.4 Å². The van der Waals surface area contributed by atoms with Gasteiger partial charge in [0.15, 0.2) is 0 Å². The molecule has 1 atom stereocenters. The quantitative estimate of drug-likeness (QED) is 0.592. The molecule has 9 heteroatoms. The van der Waals surface area contributed by atoms with Gasteiger partial charge in [0.2, 0.25) is 15.7 Å². The van der Waals surface area contributed by atoms with Crippen LogP contribution in [0.2, 0.25) is 0 Å². The van der Waals surface area contributed by atoms with Crippen LogP contribution in [0.25, 0.3) is 0 Å². The minimum atomic E-state index is -4.01. The van der Waals surface area contributed by atoms with Crippen molar-refractivity contribution in [1.29, 1.82) is 0 Å². The second-order valence-corrected chi connectivity index (χ2v) is 11.1. The molecule has 3 N–H and O–H groups in total. The van der Waals surface area contributed by atoms with Crippen molar-refractivity contribution in [3.05, 3.63) is 54.3 Å². The fourth-order valence-electron chi connectivity index (χ4n) is 4.50. The third-order valence-corrected chi connectivity index (χ3v) is 8.87. The maximum atomic E-state index is 13.9. The number of carbonyl (C=O) groups excluding carboxylic acids is 1. The Labute approximate surface area is 193 Å². The lowest BCUT2D eigenvalue weighted by Crippen LogP contribution is -2.58. The van der Waals surface area contributed by atoms with Gasteiger partial charge in [0.25, 0.3) is 0 Å². The number of aliphatic hydroxyl groups is 1. The van der Waals surface area contributed by atoms with Crippen LogP contribution in [0, 0.1) is 11.7 Å². The Morgan fingerprint density at radius 2 is 1.82 bits per heavy atom. The van der Waals surface area contributed by atoms with Crippen molar-refractivity contribution < 1.29 is 27.4 Å². The summed E-state index contributed by atoms with van der Waals surface area (Å²) >= 11 is 0. The second-order valence-electron chi connectivity index (χ2n) is 8.79. The van der Waals surface area contributed by atoms with Gasteiger partial charge in [-0.1, -0.05) is 6.07 Å². The number of halogens is 1. The van der Waals surface area contributed by atoms with Crippen LogP contribution in [0.1, 0.15) is 38.5 Å². The van der Waals surface area contributed by atoms with Gasteiger partial charge in [0, 0.05) is 6.54 Å². The van der Waals surface area contributed by atoms with Crippen molar-refractivity contribution in [3.8, 4) is 11.5 Å². The van der Waals surface area contributed by atoms with Crippen LogP contribution >= 0.6 is 0 Å². The smallest absolute Gasteiger partial charge is 0.225 e. The highest BCUT2D eigenvalue weighted by atomic mass is 32.2. The maximum absolute atomic E-state index is 13.9. The van der Waals surface area contributed by atoms with Gasteiger partial charge in [0.1, 0.15) is 22.2 Å². The molecule has 0 spiro atoms. The average Bonchev–Trinajstić information content (AvgIpc) is 2.83. The molecule has 2 fully saturated rings. The molecular weight excluding hydrogens is 447 g/mol. The maximum Gasteiger partial charge on any atom is 0.225 e. The Morgan fingerprint density at radius 1 is 1.09 bits per heavy atom. The monoisotopic (exact) mass is 476 g/mol. The minimum Gasteiger partial charge on any atom is -0.457 e. The van der Waals surface area contributed by atoms with Gasteiger partial charge in [-0.05, 0) is 87.5 Å². The Hall–Kier alpha value is -2.49. The zero-order valence-electron chi connectivity index (χ0n) is 18.3. The van der Waals surface area contributed by atoms with Crippen molar-refractivity contribution in [3.63, 3.8) is 0 Å². The predicted octanol–water partition coefficient (Wildman–Crippen LogP) is 3.14. The molecule has 7 nitrogen and oxygen atoms in total. The van der Waals surface area contributed by atoms with Crippen molar-refractivity contribution in [2.45, 2.75) is 54.4 Å². The number of hydrogen-bond donors (Lipinski definition) is 3. The summed E-state index contributed by atoms with van der Waals surface area (Å²) in [6.45, 7) is 1.37. The molecule has 0 radical (unpaired) electrons. The van der Waals surface area contributed by atoms with Gasteiger partial charge >= 0.3 is 0 Å². The molecule has 4 rings (SSSR count). The third kappa shape index (κ3) is 5.20. The first kappa shape index (κ1) is 23.7. The van der Waals surface area contributed by atoms with E-state index in [-0.39, 0.29) is 48.2 Å². The molecule has 2 aromatic rings. The zero-order chi connectivity index (χ0) is 23.5. The van der Waals surface area contributed by atoms with Gasteiger partial charge in [-0.2, -0.15) is 0 Å². The Balaban J connectivity index is 1.62. The lowest BCUT2D eigenvalue weighted by atomic mass is 9.91. The number of amides is 1. The number of benzene rings is 2. The predicted molar refractivity (Wildman–Crippen MR) is 121 cm³/mol. The average molecular weight is 477 g/mol. The summed E-state index contributed by atoms with van der Waals surface area (Å²) in [4.78, 5) is 11.6. The summed E-state index contributed by atoms with van der Waals surface area (Å²) in [6, 6.07) is 11.5. The van der Waals surface area contributed by atoms with Crippen LogP contribution in [-0.2, 0) is 14.6 Å². The van der Waals surface area contributed by atoms with Crippen molar-refractivity contribution in [2.75, 3.05) is 13.1 Å². The van der Waals surface area contributed by atoms with Crippen LogP contribution in [0.3, 0.4) is 0 Å². The Bertz CT molecular complexity index is 1080. The molecule has 33 heavy (non-hydrogen) atoms. The fraction of sp³-hybridized carbons (Fsp3) is 0.458. The van der Waals surface area contributed by atoms with Crippen LogP contribution < -0.4 is 15.4 Å². The van der Waals surface area contributed by atoms with E-state index >= 15 is 0 Å². The number of carbonyl (C=O) groups is 1. The van der Waals surface area contributed by atoms with Gasteiger partial charge in [-0.15, -0.1) is 0 Å². The van der Waals surface area contributed by atoms with E-state index in [9.17, 15) is 22.7 Å². The number of hydrogen-bond acceptors (Lipinski definition) is 6. The summed E-state index contributed by atoms with van der Waals surface area (Å²) in [5.74, 6) is -0.299. The van der Waals surface area contributed by atoms with Gasteiger partial charge < -0.3 is 20.5 Å². The van der Waals surface area contributed by atoms with Crippen LogP contribution in [0.4, 0.5) is 4.39 Å². The molecule has 1 heterocycles. The summed E-state index contributed by atoms with van der Waals surface area (Å²) in [6.07, 6.45) is 1.81. The molecule has 2 aromatic carbocycles. The molecule has 1 aliphatic heterocycles. The molecule has 1 amide bonds. The molecule has 2 aliphatic rings. The van der Waals surface area contributed by atoms with E-state index in [0.717, 1.165) is 13.0 Å². The zero-order valence-corrected chi connectivity index (χ0v) is 19.1. The summed E-state index contributed by atoms with van der Waals surface area (Å²) < 4.78 is 46.6. The number of ether oxygens (including phenoxy) is 1. The van der Waals surface area contributed by atoms with Crippen LogP contribution in [0.5, 0.6) is 11.5 Å². The van der Waals surface area contributed by atoms with Crippen LogP contribution in [0.15, 0.2) is 53.4 Å². The number of sulfone groups is 1. The second kappa shape index (κ2) is 9.79. The van der Waals surface area contributed by atoms with Crippen molar-refractivity contribution in [1.82, 2.24) is 10.6 Å². The molecule has 0 bridgehead atoms. The topological polar surface area (TPSA) is 105 Å². The lowest BCUT2D eigenvalue weighted by molar-refractivity contribution is -0.127. The van der Waals surface area contributed by atoms with Crippen molar-refractivity contribution >= 4 is 15.7 Å². The van der Waals surface area contributed by atoms with E-state index in [1.807, 2.05) is 0 Å². The lowest BCUT2D eigenvalue weighted by Gasteiger charge is -2.40. The third-order valence-electron chi connectivity index (χ3n) is 6.46. The Kier molecular flexibility index (Phi) is 7.02. The van der Waals surface area contributed by atoms with Crippen LogP contribution in [-0.4, -0.2) is 43.5 Å². The summed E-state index contributed by atoms with van der Waals surface area (Å²) in [5, 5.41) is 16.1. The summed E-state index contributed by atoms with van der Waals surface area (Å²) in [5.41, 5.74) is 0. The fourth-order valence-corrected chi connectivity index (χ4v) is 6.49. The highest BCUT2D eigenvalue weighted by molar-refractivity contribution is 7.92. The molecule has 1 aliphatic carbocycles. The first-order valence-electron chi connectivity index (χ1n) is 11.3. The van der Waals surface area contributed by atoms with Gasteiger partial charge in [-0.3, -0.25) is 4.79 Å². The van der Waals surface area contributed by atoms with E-state index in [4.69, 9.17) is 4.74 Å². The summed E-state index contributed by atoms with van der Waals surface area (Å²) in [7, 11) is -4.01. The molecule has 0 unspecified atom stereocenters. The molecule has 1 saturated carbocycles. The Morgan fingerprint density at radius 3 is 2.48 bits per heavy atom. The van der Waals surface area contributed by atoms with Gasteiger partial charge in [-0.25, -0.2) is 12.8 Å². The highest BCUT2D eigenvalue weighted by Crippen LogP contribution is 2.38. The molecular formula is C24H29FN2O5S. The number of aliphatic hydroxyl groups excluding tert-OH is 1. The SMILES string of the molecule is O=C(NC1(S(=O)(=O)c2cccc(Oc3ccc(F)cc3)c2)CCC(O)CC1)[C@H]1CCCNC1. The normalized spacial score (nSPS) is 25.9. The molecule has 1 saturated heterocycles. The number of nitrogens with one attached hydrogen (secondary N) is 2. The molecule has 0 aromatic heterocycles. The van der Waals surface area contributed by atoms with Crippen molar-refractivity contribution in [2.24, 2.45) is 5.92 Å². The number of piperidine rings is 1. The van der Waals surface area contributed by atoms with E-state index in [2.05, 4.69) is 10.6 Å². The standard InChI is InChI=1S/C24H29FN2O5S/c25-18-6-8-20(9-7-18)32-21-4-1-5-22(15-21)33(30,31)24(12-10-19(28)11-13-24)27-23(29)17-3-2-14-26-16-17/h1,4-9,15,17,19,26,28H,2-3,10-14,16H2,(H,27,29)/t17-,19?,24?/m0/s1. The van der Waals surface area contributed by atoms with Gasteiger partial charge in [0.05, 0.1) is 16.9 Å². The van der Waals surface area contributed by atoms with E-state index in [1.54, 1.807) is 12.1 Å².